The number of carbonyl (C=O) groups is 3. The number of piperazine rings is 1. The maximum absolute atomic E-state index is 12.1. The van der Waals surface area contributed by atoms with Gasteiger partial charge in [-0.1, -0.05) is 17.7 Å². The van der Waals surface area contributed by atoms with Gasteiger partial charge in [-0.3, -0.25) is 14.4 Å². The van der Waals surface area contributed by atoms with Gasteiger partial charge in [-0.25, -0.2) is 0 Å². The lowest BCUT2D eigenvalue weighted by atomic mass is 10.1. The Morgan fingerprint density at radius 2 is 2.05 bits per heavy atom. The first-order valence-corrected chi connectivity index (χ1v) is 7.54. The third kappa shape index (κ3) is 3.98. The topological polar surface area (TPSA) is 78.5 Å². The summed E-state index contributed by atoms with van der Waals surface area (Å²) in [6.07, 6.45) is -0.0949. The van der Waals surface area contributed by atoms with Gasteiger partial charge in [0, 0.05) is 18.8 Å². The van der Waals surface area contributed by atoms with Gasteiger partial charge in [-0.2, -0.15) is 0 Å². The van der Waals surface area contributed by atoms with Gasteiger partial charge in [-0.05, 0) is 19.1 Å². The Hall–Kier alpha value is -2.08. The second-order valence-electron chi connectivity index (χ2n) is 5.15. The molecule has 22 heavy (non-hydrogen) atoms. The van der Waals surface area contributed by atoms with Crippen molar-refractivity contribution in [3.05, 3.63) is 29.8 Å². The Labute approximate surface area is 133 Å². The van der Waals surface area contributed by atoms with Crippen LogP contribution in [0.1, 0.15) is 12.0 Å². The van der Waals surface area contributed by atoms with Crippen LogP contribution in [-0.4, -0.2) is 47.6 Å². The van der Waals surface area contributed by atoms with Crippen molar-refractivity contribution in [2.24, 2.45) is 0 Å². The fraction of sp³-hybridized carbons (Fsp3) is 0.400. The smallest absolute Gasteiger partial charge is 0.243 e. The molecule has 118 valence electrons. The normalized spacial score (nSPS) is 17.8. The third-order valence-electron chi connectivity index (χ3n) is 3.48. The number of benzene rings is 1. The van der Waals surface area contributed by atoms with Crippen LogP contribution in [-0.2, 0) is 14.4 Å². The molecule has 0 radical (unpaired) electrons. The monoisotopic (exact) mass is 323 g/mol. The number of aryl methyl sites for hydroxylation is 1. The summed E-state index contributed by atoms with van der Waals surface area (Å²) in [5.74, 6) is -1.20. The van der Waals surface area contributed by atoms with Gasteiger partial charge in [0.2, 0.25) is 17.7 Å². The molecule has 3 amide bonds. The SMILES string of the molecule is Cc1ccc(NC(=O)C[C@H]2C(=O)NCCN2C(=O)CCl)cc1. The highest BCUT2D eigenvalue weighted by Crippen LogP contribution is 2.13. The molecule has 0 unspecified atom stereocenters. The number of hydrogen-bond acceptors (Lipinski definition) is 3. The summed E-state index contributed by atoms with van der Waals surface area (Å²) in [6, 6.07) is 6.52. The maximum Gasteiger partial charge on any atom is 0.243 e. The van der Waals surface area contributed by atoms with Crippen molar-refractivity contribution < 1.29 is 14.4 Å². The van der Waals surface area contributed by atoms with Gasteiger partial charge in [-0.15, -0.1) is 11.6 Å². The molecule has 1 aromatic rings. The van der Waals surface area contributed by atoms with Crippen LogP contribution < -0.4 is 10.6 Å². The predicted octanol–water partition coefficient (Wildman–Crippen LogP) is 0.889. The Bertz CT molecular complexity index is 574. The Kier molecular flexibility index (Phi) is 5.38. The van der Waals surface area contributed by atoms with Crippen LogP contribution in [0.3, 0.4) is 0 Å². The van der Waals surface area contributed by atoms with Crippen molar-refractivity contribution in [2.45, 2.75) is 19.4 Å². The number of halogens is 1. The molecule has 0 aromatic heterocycles. The molecular weight excluding hydrogens is 306 g/mol. The number of anilines is 1. The number of alkyl halides is 1. The van der Waals surface area contributed by atoms with Gasteiger partial charge in [0.1, 0.15) is 11.9 Å². The van der Waals surface area contributed by atoms with Gasteiger partial charge in [0.05, 0.1) is 6.42 Å². The van der Waals surface area contributed by atoms with Gasteiger partial charge < -0.3 is 15.5 Å². The number of amides is 3. The summed E-state index contributed by atoms with van der Waals surface area (Å²) in [4.78, 5) is 37.2. The van der Waals surface area contributed by atoms with E-state index in [1.165, 1.54) is 4.90 Å². The van der Waals surface area contributed by atoms with E-state index >= 15 is 0 Å². The van der Waals surface area contributed by atoms with E-state index in [-0.39, 0.29) is 30.0 Å². The summed E-state index contributed by atoms with van der Waals surface area (Å²) >= 11 is 5.56. The zero-order chi connectivity index (χ0) is 16.1. The summed E-state index contributed by atoms with van der Waals surface area (Å²) in [5, 5.41) is 5.39. The van der Waals surface area contributed by atoms with E-state index in [2.05, 4.69) is 10.6 Å². The lowest BCUT2D eigenvalue weighted by Gasteiger charge is -2.34. The van der Waals surface area contributed by atoms with Crippen LogP contribution in [0.5, 0.6) is 0 Å². The second kappa shape index (κ2) is 7.26. The standard InChI is InChI=1S/C15H18ClN3O3/c1-10-2-4-11(5-3-10)18-13(20)8-12-15(22)17-6-7-19(12)14(21)9-16/h2-5,12H,6-9H2,1H3,(H,17,22)(H,18,20)/t12-/m0/s1. The zero-order valence-electron chi connectivity index (χ0n) is 12.3. The van der Waals surface area contributed by atoms with Crippen molar-refractivity contribution in [3.63, 3.8) is 0 Å². The molecule has 2 rings (SSSR count). The number of carbonyl (C=O) groups excluding carboxylic acids is 3. The first kappa shape index (κ1) is 16.3. The van der Waals surface area contributed by atoms with Gasteiger partial charge >= 0.3 is 0 Å². The highest BCUT2D eigenvalue weighted by Gasteiger charge is 2.34. The van der Waals surface area contributed by atoms with E-state index in [9.17, 15) is 14.4 Å². The Morgan fingerprint density at radius 3 is 2.68 bits per heavy atom. The van der Waals surface area contributed by atoms with Crippen LogP contribution in [0.15, 0.2) is 24.3 Å². The number of hydrogen-bond donors (Lipinski definition) is 2. The van der Waals surface area contributed by atoms with Crippen molar-refractivity contribution >= 4 is 35.0 Å². The molecule has 1 aliphatic rings. The molecule has 0 spiro atoms. The van der Waals surface area contributed by atoms with Crippen molar-refractivity contribution in [1.29, 1.82) is 0 Å². The average Bonchev–Trinajstić information content (AvgIpc) is 2.51. The molecule has 2 N–H and O–H groups in total. The molecule has 0 bridgehead atoms. The first-order valence-electron chi connectivity index (χ1n) is 7.01. The van der Waals surface area contributed by atoms with Gasteiger partial charge in [0.25, 0.3) is 0 Å². The minimum atomic E-state index is -0.814. The minimum Gasteiger partial charge on any atom is -0.353 e. The summed E-state index contributed by atoms with van der Waals surface area (Å²) < 4.78 is 0. The van der Waals surface area contributed by atoms with Crippen molar-refractivity contribution in [3.8, 4) is 0 Å². The van der Waals surface area contributed by atoms with Crippen molar-refractivity contribution in [2.75, 3.05) is 24.3 Å². The molecular formula is C15H18ClN3O3. The number of rotatable bonds is 4. The van der Waals surface area contributed by atoms with Crippen LogP contribution in [0.4, 0.5) is 5.69 Å². The minimum absolute atomic E-state index is 0.0949. The molecule has 1 saturated heterocycles. The molecule has 7 heteroatoms. The fourth-order valence-corrected chi connectivity index (χ4v) is 2.47. The Morgan fingerprint density at radius 1 is 1.36 bits per heavy atom. The van der Waals surface area contributed by atoms with E-state index in [0.29, 0.717) is 18.8 Å². The molecule has 1 aliphatic heterocycles. The van der Waals surface area contributed by atoms with E-state index in [4.69, 9.17) is 11.6 Å². The molecule has 1 atom stereocenters. The Balaban J connectivity index is 2.02. The van der Waals surface area contributed by atoms with Crippen LogP contribution in [0, 0.1) is 6.92 Å². The molecule has 1 fully saturated rings. The molecule has 1 aromatic carbocycles. The fourth-order valence-electron chi connectivity index (χ4n) is 2.32. The highest BCUT2D eigenvalue weighted by atomic mass is 35.5. The quantitative estimate of drug-likeness (QED) is 0.808. The number of nitrogens with zero attached hydrogens (tertiary/aromatic N) is 1. The lowest BCUT2D eigenvalue weighted by molar-refractivity contribution is -0.143. The highest BCUT2D eigenvalue weighted by molar-refractivity contribution is 6.27. The maximum atomic E-state index is 12.1. The lowest BCUT2D eigenvalue weighted by Crippen LogP contribution is -2.58. The van der Waals surface area contributed by atoms with Crippen LogP contribution in [0.2, 0.25) is 0 Å². The van der Waals surface area contributed by atoms with E-state index in [1.807, 2.05) is 19.1 Å². The second-order valence-corrected chi connectivity index (χ2v) is 5.41. The molecule has 6 nitrogen and oxygen atoms in total. The number of nitrogens with one attached hydrogen (secondary N) is 2. The summed E-state index contributed by atoms with van der Waals surface area (Å²) in [7, 11) is 0. The van der Waals surface area contributed by atoms with Crippen LogP contribution >= 0.6 is 11.6 Å². The summed E-state index contributed by atoms with van der Waals surface area (Å²) in [5.41, 5.74) is 1.74. The zero-order valence-corrected chi connectivity index (χ0v) is 13.0. The van der Waals surface area contributed by atoms with E-state index in [1.54, 1.807) is 12.1 Å². The van der Waals surface area contributed by atoms with Crippen LogP contribution in [0.25, 0.3) is 0 Å². The molecule has 0 aliphatic carbocycles. The summed E-state index contributed by atoms with van der Waals surface area (Å²) in [6.45, 7) is 2.69. The van der Waals surface area contributed by atoms with Gasteiger partial charge in [0.15, 0.2) is 0 Å². The predicted molar refractivity (Wildman–Crippen MR) is 83.7 cm³/mol. The van der Waals surface area contributed by atoms with E-state index < -0.39 is 6.04 Å². The molecule has 1 heterocycles. The van der Waals surface area contributed by atoms with Crippen molar-refractivity contribution in [1.82, 2.24) is 10.2 Å². The van der Waals surface area contributed by atoms with E-state index in [0.717, 1.165) is 5.56 Å². The first-order chi connectivity index (χ1) is 10.5. The third-order valence-corrected chi connectivity index (χ3v) is 3.71. The average molecular weight is 324 g/mol. The molecule has 0 saturated carbocycles. The largest absolute Gasteiger partial charge is 0.353 e.